The van der Waals surface area contributed by atoms with Gasteiger partial charge in [0.15, 0.2) is 0 Å². The molecule has 3 aromatic heterocycles. The quantitative estimate of drug-likeness (QED) is 0.638. The smallest absolute Gasteiger partial charge is 0.227 e. The molecule has 0 aromatic carbocycles. The average molecular weight is 431 g/mol. The molecule has 0 spiro atoms. The van der Waals surface area contributed by atoms with Crippen molar-refractivity contribution in [2.24, 2.45) is 0 Å². The molecule has 0 radical (unpaired) electrons. The second-order valence-corrected chi connectivity index (χ2v) is 8.50. The van der Waals surface area contributed by atoms with Crippen LogP contribution in [0.3, 0.4) is 0 Å². The molecule has 0 saturated carbocycles. The predicted octanol–water partition coefficient (Wildman–Crippen LogP) is 2.84. The summed E-state index contributed by atoms with van der Waals surface area (Å²) in [5.41, 5.74) is 3.56. The Morgan fingerprint density at radius 1 is 1.09 bits per heavy atom. The molecule has 9 heteroatoms. The van der Waals surface area contributed by atoms with Crippen LogP contribution in [-0.4, -0.2) is 63.0 Å². The predicted molar refractivity (Wildman–Crippen MR) is 124 cm³/mol. The summed E-state index contributed by atoms with van der Waals surface area (Å²) in [4.78, 5) is 34.0. The van der Waals surface area contributed by atoms with Gasteiger partial charge in [-0.3, -0.25) is 9.69 Å². The Bertz CT molecular complexity index is 1150. The van der Waals surface area contributed by atoms with Gasteiger partial charge in [-0.2, -0.15) is 0 Å². The van der Waals surface area contributed by atoms with Crippen LogP contribution in [0.25, 0.3) is 11.3 Å². The Balaban J connectivity index is 1.30. The Kier molecular flexibility index (Phi) is 5.18. The second-order valence-electron chi connectivity index (χ2n) is 8.50. The van der Waals surface area contributed by atoms with Crippen LogP contribution in [0.4, 0.5) is 23.3 Å². The fraction of sp³-hybridized carbons (Fsp3) is 0.348. The molecule has 32 heavy (non-hydrogen) atoms. The highest BCUT2D eigenvalue weighted by molar-refractivity contribution is 5.87. The lowest BCUT2D eigenvalue weighted by atomic mass is 10.2. The number of hydrogen-bond donors (Lipinski definition) is 2. The average Bonchev–Trinajstić information content (AvgIpc) is 3.34. The number of piperazine rings is 1. The first-order chi connectivity index (χ1) is 15.5. The summed E-state index contributed by atoms with van der Waals surface area (Å²) in [6, 6.07) is 8.73. The molecular weight excluding hydrogens is 404 g/mol. The van der Waals surface area contributed by atoms with E-state index in [1.807, 2.05) is 18.3 Å². The van der Waals surface area contributed by atoms with E-state index in [0.717, 1.165) is 41.4 Å². The van der Waals surface area contributed by atoms with E-state index in [4.69, 9.17) is 4.98 Å². The van der Waals surface area contributed by atoms with Gasteiger partial charge >= 0.3 is 0 Å². The van der Waals surface area contributed by atoms with E-state index in [9.17, 15) is 4.79 Å². The van der Waals surface area contributed by atoms with Crippen molar-refractivity contribution in [3.05, 3.63) is 48.4 Å². The molecule has 5 heterocycles. The number of aryl methyl sites for hydroxylation is 1. The maximum Gasteiger partial charge on any atom is 0.227 e. The molecule has 2 atom stereocenters. The fourth-order valence-corrected chi connectivity index (χ4v) is 4.57. The molecule has 0 unspecified atom stereocenters. The molecule has 9 nitrogen and oxygen atoms in total. The molecule has 5 rings (SSSR count). The van der Waals surface area contributed by atoms with Crippen LogP contribution in [0.2, 0.25) is 0 Å². The number of amides is 1. The summed E-state index contributed by atoms with van der Waals surface area (Å²) in [5.74, 6) is 1.91. The van der Waals surface area contributed by atoms with Crippen molar-refractivity contribution in [2.45, 2.75) is 32.4 Å². The van der Waals surface area contributed by atoms with Crippen molar-refractivity contribution in [3.8, 4) is 11.3 Å². The fourth-order valence-electron chi connectivity index (χ4n) is 4.57. The Labute approximate surface area is 186 Å². The van der Waals surface area contributed by atoms with Crippen LogP contribution < -0.4 is 15.5 Å². The van der Waals surface area contributed by atoms with Crippen LogP contribution in [0.15, 0.2) is 42.9 Å². The van der Waals surface area contributed by atoms with Gasteiger partial charge in [-0.1, -0.05) is 0 Å². The summed E-state index contributed by atoms with van der Waals surface area (Å²) < 4.78 is 0. The van der Waals surface area contributed by atoms with Crippen molar-refractivity contribution < 1.29 is 4.79 Å². The molecule has 2 bridgehead atoms. The van der Waals surface area contributed by atoms with Crippen molar-refractivity contribution >= 4 is 29.2 Å². The standard InChI is InChI=1S/C23H26N8O/c1-14-8-17(11-26-22(14)31-13-18-9-19(31)12-30(18)3)28-23-24-7-6-20(29-23)16-4-5-21(25-10-16)27-15(2)32/h4-8,10-11,18-19H,9,12-13H2,1-3H3,(H,24,28,29)(H,25,27,32)/t18-,19-/m0/s1. The summed E-state index contributed by atoms with van der Waals surface area (Å²) >= 11 is 0. The number of carbonyl (C=O) groups is 1. The first-order valence-corrected chi connectivity index (χ1v) is 10.7. The number of carbonyl (C=O) groups excluding carboxylic acids is 1. The van der Waals surface area contributed by atoms with Gasteiger partial charge in [-0.05, 0) is 50.2 Å². The zero-order valence-electron chi connectivity index (χ0n) is 18.4. The monoisotopic (exact) mass is 430 g/mol. The number of nitrogens with zero attached hydrogens (tertiary/aromatic N) is 6. The minimum atomic E-state index is -0.154. The molecular formula is C23H26N8O. The number of anilines is 4. The Morgan fingerprint density at radius 2 is 1.97 bits per heavy atom. The van der Waals surface area contributed by atoms with E-state index in [-0.39, 0.29) is 5.91 Å². The van der Waals surface area contributed by atoms with Gasteiger partial charge in [0.25, 0.3) is 0 Å². The third-order valence-electron chi connectivity index (χ3n) is 6.11. The number of hydrogen-bond acceptors (Lipinski definition) is 8. The lowest BCUT2D eigenvalue weighted by Gasteiger charge is -2.33. The van der Waals surface area contributed by atoms with Crippen LogP contribution in [-0.2, 0) is 4.79 Å². The Morgan fingerprint density at radius 3 is 2.62 bits per heavy atom. The summed E-state index contributed by atoms with van der Waals surface area (Å²) in [6.45, 7) is 5.70. The van der Waals surface area contributed by atoms with Gasteiger partial charge in [0.1, 0.15) is 11.6 Å². The minimum Gasteiger partial charge on any atom is -0.350 e. The number of likely N-dealkylation sites (N-methyl/N-ethyl adjacent to an activating group) is 1. The summed E-state index contributed by atoms with van der Waals surface area (Å²) in [6.07, 6.45) is 6.45. The molecule has 2 saturated heterocycles. The Hall–Kier alpha value is -3.59. The van der Waals surface area contributed by atoms with E-state index in [1.54, 1.807) is 18.5 Å². The molecule has 2 fully saturated rings. The lowest BCUT2D eigenvalue weighted by molar-refractivity contribution is -0.114. The SMILES string of the molecule is CC(=O)Nc1ccc(-c2ccnc(Nc3cnc(N4C[C@@H]5C[C@H]4CN5C)c(C)c3)n2)cn1. The number of rotatable bonds is 5. The van der Waals surface area contributed by atoms with Crippen LogP contribution >= 0.6 is 0 Å². The van der Waals surface area contributed by atoms with Gasteiger partial charge < -0.3 is 15.5 Å². The van der Waals surface area contributed by atoms with Gasteiger partial charge in [0, 0.05) is 50.1 Å². The molecule has 3 aromatic rings. The highest BCUT2D eigenvalue weighted by Crippen LogP contribution is 2.34. The topological polar surface area (TPSA) is 99.2 Å². The highest BCUT2D eigenvalue weighted by atomic mass is 16.1. The summed E-state index contributed by atoms with van der Waals surface area (Å²) in [5, 5.41) is 5.92. The first kappa shape index (κ1) is 20.3. The summed E-state index contributed by atoms with van der Waals surface area (Å²) in [7, 11) is 2.21. The van der Waals surface area contributed by atoms with Gasteiger partial charge in [-0.25, -0.2) is 19.9 Å². The number of aromatic nitrogens is 4. The highest BCUT2D eigenvalue weighted by Gasteiger charge is 2.42. The van der Waals surface area contributed by atoms with E-state index in [2.05, 4.69) is 55.4 Å². The van der Waals surface area contributed by atoms with Crippen LogP contribution in [0.5, 0.6) is 0 Å². The molecule has 2 N–H and O–H groups in total. The van der Waals surface area contributed by atoms with Crippen molar-refractivity contribution in [1.82, 2.24) is 24.8 Å². The first-order valence-electron chi connectivity index (χ1n) is 10.7. The van der Waals surface area contributed by atoms with E-state index < -0.39 is 0 Å². The number of likely N-dealkylation sites (tertiary alicyclic amines) is 1. The number of nitrogens with one attached hydrogen (secondary N) is 2. The van der Waals surface area contributed by atoms with Crippen molar-refractivity contribution in [2.75, 3.05) is 35.7 Å². The maximum absolute atomic E-state index is 11.2. The lowest BCUT2D eigenvalue weighted by Crippen LogP contribution is -2.45. The normalized spacial score (nSPS) is 19.9. The number of fused-ring (bicyclic) bond motifs is 2. The molecule has 2 aliphatic rings. The zero-order chi connectivity index (χ0) is 22.2. The minimum absolute atomic E-state index is 0.154. The zero-order valence-corrected chi connectivity index (χ0v) is 18.4. The third-order valence-corrected chi connectivity index (χ3v) is 6.11. The molecule has 164 valence electrons. The van der Waals surface area contributed by atoms with Crippen LogP contribution in [0.1, 0.15) is 18.9 Å². The third kappa shape index (κ3) is 3.99. The van der Waals surface area contributed by atoms with Gasteiger partial charge in [-0.15, -0.1) is 0 Å². The van der Waals surface area contributed by atoms with E-state index in [0.29, 0.717) is 23.8 Å². The van der Waals surface area contributed by atoms with Crippen molar-refractivity contribution in [1.29, 1.82) is 0 Å². The number of pyridine rings is 2. The second kappa shape index (κ2) is 8.16. The van der Waals surface area contributed by atoms with Gasteiger partial charge in [0.05, 0.1) is 17.6 Å². The van der Waals surface area contributed by atoms with E-state index >= 15 is 0 Å². The molecule has 2 aliphatic heterocycles. The largest absolute Gasteiger partial charge is 0.350 e. The van der Waals surface area contributed by atoms with E-state index in [1.165, 1.54) is 13.3 Å². The molecule has 1 amide bonds. The maximum atomic E-state index is 11.2. The van der Waals surface area contributed by atoms with Crippen molar-refractivity contribution in [3.63, 3.8) is 0 Å². The van der Waals surface area contributed by atoms with Crippen LogP contribution in [0, 0.1) is 6.92 Å². The molecule has 0 aliphatic carbocycles. The van der Waals surface area contributed by atoms with Gasteiger partial charge in [0.2, 0.25) is 11.9 Å².